The van der Waals surface area contributed by atoms with Crippen molar-refractivity contribution in [3.05, 3.63) is 71.3 Å². The topological polar surface area (TPSA) is 79.9 Å². The van der Waals surface area contributed by atoms with Gasteiger partial charge in [-0.15, -0.1) is 0 Å². The number of carbonyl (C=O) groups excluding carboxylic acids is 2. The van der Waals surface area contributed by atoms with Crippen molar-refractivity contribution in [2.75, 3.05) is 33.8 Å². The summed E-state index contributed by atoms with van der Waals surface area (Å²) in [6.07, 6.45) is -0.654. The maximum absolute atomic E-state index is 12.3. The number of nitrogens with zero attached hydrogens (tertiary/aromatic N) is 1. The lowest BCUT2D eigenvalue weighted by Gasteiger charge is -2.27. The van der Waals surface area contributed by atoms with Gasteiger partial charge < -0.3 is 20.1 Å². The van der Waals surface area contributed by atoms with E-state index in [1.165, 1.54) is 12.7 Å². The van der Waals surface area contributed by atoms with Crippen LogP contribution in [0.2, 0.25) is 0 Å². The van der Waals surface area contributed by atoms with Crippen molar-refractivity contribution in [3.63, 3.8) is 0 Å². The van der Waals surface area contributed by atoms with E-state index >= 15 is 0 Å². The van der Waals surface area contributed by atoms with Crippen molar-refractivity contribution < 1.29 is 19.1 Å². The van der Waals surface area contributed by atoms with Crippen LogP contribution in [-0.2, 0) is 27.4 Å². The molecule has 2 N–H and O–H groups in total. The fourth-order valence-corrected chi connectivity index (χ4v) is 3.06. The van der Waals surface area contributed by atoms with Crippen molar-refractivity contribution in [1.29, 1.82) is 0 Å². The molecule has 0 aliphatic rings. The van der Waals surface area contributed by atoms with Crippen LogP contribution in [0.15, 0.2) is 54.6 Å². The second kappa shape index (κ2) is 12.6. The Kier molecular flexibility index (Phi) is 9.83. The van der Waals surface area contributed by atoms with E-state index in [0.717, 1.165) is 17.7 Å². The number of likely N-dealkylation sites (N-methyl/N-ethyl adjacent to an activating group) is 1. The molecule has 2 aromatic carbocycles. The molecule has 7 nitrogen and oxygen atoms in total. The SMILES string of the molecule is CNCCN(Cc1cccc(C)c1)C[C@H](NC(=O)OCc1ccccc1)C(=O)OC. The number of aryl methyl sites for hydroxylation is 1. The highest BCUT2D eigenvalue weighted by Crippen LogP contribution is 2.09. The lowest BCUT2D eigenvalue weighted by molar-refractivity contribution is -0.143. The van der Waals surface area contributed by atoms with Gasteiger partial charge in [-0.05, 0) is 25.1 Å². The van der Waals surface area contributed by atoms with Crippen molar-refractivity contribution in [2.24, 2.45) is 0 Å². The van der Waals surface area contributed by atoms with Crippen LogP contribution in [0.4, 0.5) is 4.79 Å². The highest BCUT2D eigenvalue weighted by molar-refractivity contribution is 5.81. The number of hydrogen-bond donors (Lipinski definition) is 2. The summed E-state index contributed by atoms with van der Waals surface area (Å²) < 4.78 is 10.2. The van der Waals surface area contributed by atoms with E-state index in [4.69, 9.17) is 9.47 Å². The number of benzene rings is 2. The van der Waals surface area contributed by atoms with Gasteiger partial charge in [-0.1, -0.05) is 60.2 Å². The second-order valence-electron chi connectivity index (χ2n) is 7.11. The average Bonchev–Trinajstić information content (AvgIpc) is 2.75. The molecule has 2 rings (SSSR count). The van der Waals surface area contributed by atoms with E-state index in [2.05, 4.69) is 21.6 Å². The van der Waals surface area contributed by atoms with Gasteiger partial charge in [0.15, 0.2) is 0 Å². The number of esters is 1. The van der Waals surface area contributed by atoms with Crippen molar-refractivity contribution in [1.82, 2.24) is 15.5 Å². The molecule has 0 unspecified atom stereocenters. The number of carbonyl (C=O) groups is 2. The van der Waals surface area contributed by atoms with Gasteiger partial charge in [-0.2, -0.15) is 0 Å². The van der Waals surface area contributed by atoms with E-state index < -0.39 is 18.1 Å². The van der Waals surface area contributed by atoms with Crippen molar-refractivity contribution in [3.8, 4) is 0 Å². The zero-order chi connectivity index (χ0) is 21.8. The summed E-state index contributed by atoms with van der Waals surface area (Å²) >= 11 is 0. The quantitative estimate of drug-likeness (QED) is 0.551. The summed E-state index contributed by atoms with van der Waals surface area (Å²) in [5.74, 6) is -0.509. The minimum atomic E-state index is -0.833. The first-order chi connectivity index (χ1) is 14.5. The van der Waals surface area contributed by atoms with Crippen LogP contribution < -0.4 is 10.6 Å². The van der Waals surface area contributed by atoms with Crippen molar-refractivity contribution in [2.45, 2.75) is 26.1 Å². The third-order valence-electron chi connectivity index (χ3n) is 4.60. The Morgan fingerprint density at radius 1 is 1.07 bits per heavy atom. The molecule has 0 aliphatic carbocycles. The van der Waals surface area contributed by atoms with Gasteiger partial charge in [0.05, 0.1) is 7.11 Å². The van der Waals surface area contributed by atoms with E-state index in [1.54, 1.807) is 0 Å². The normalized spacial score (nSPS) is 11.7. The highest BCUT2D eigenvalue weighted by Gasteiger charge is 2.25. The molecule has 1 amide bonds. The molecule has 162 valence electrons. The lowest BCUT2D eigenvalue weighted by atomic mass is 10.1. The fourth-order valence-electron chi connectivity index (χ4n) is 3.06. The van der Waals surface area contributed by atoms with Crippen molar-refractivity contribution >= 4 is 12.1 Å². The molecule has 2 aromatic rings. The number of rotatable bonds is 11. The summed E-state index contributed by atoms with van der Waals surface area (Å²) in [7, 11) is 3.19. The third-order valence-corrected chi connectivity index (χ3v) is 4.60. The van der Waals surface area contributed by atoms with Crippen LogP contribution in [-0.4, -0.2) is 56.8 Å². The third kappa shape index (κ3) is 8.23. The molecule has 0 aliphatic heterocycles. The van der Waals surface area contributed by atoms with E-state index in [0.29, 0.717) is 19.6 Å². The number of amides is 1. The Morgan fingerprint density at radius 3 is 2.47 bits per heavy atom. The number of alkyl carbamates (subject to hydrolysis) is 1. The molecule has 0 fully saturated rings. The maximum Gasteiger partial charge on any atom is 0.408 e. The van der Waals surface area contributed by atoms with E-state index in [9.17, 15) is 9.59 Å². The Balaban J connectivity index is 2.01. The second-order valence-corrected chi connectivity index (χ2v) is 7.11. The smallest absolute Gasteiger partial charge is 0.408 e. The molecular weight excluding hydrogens is 382 g/mol. The van der Waals surface area contributed by atoms with Crippen LogP contribution in [0, 0.1) is 6.92 Å². The Labute approximate surface area is 178 Å². The Hall–Kier alpha value is -2.90. The molecule has 0 radical (unpaired) electrons. The predicted molar refractivity (Wildman–Crippen MR) is 116 cm³/mol. The van der Waals surface area contributed by atoms with E-state index in [1.807, 2.05) is 62.5 Å². The Morgan fingerprint density at radius 2 is 1.80 bits per heavy atom. The molecule has 1 atom stereocenters. The highest BCUT2D eigenvalue weighted by atomic mass is 16.6. The molecule has 0 bridgehead atoms. The van der Waals surface area contributed by atoms with Crippen LogP contribution in [0.5, 0.6) is 0 Å². The standard InChI is InChI=1S/C23H31N3O4/c1-18-8-7-11-20(14-18)15-26(13-12-24-2)16-21(22(27)29-3)25-23(28)30-17-19-9-5-4-6-10-19/h4-11,14,21,24H,12-13,15-17H2,1-3H3,(H,25,28)/t21-/m0/s1. The van der Waals surface area contributed by atoms with Gasteiger partial charge in [-0.25, -0.2) is 9.59 Å². The predicted octanol–water partition coefficient (Wildman–Crippen LogP) is 2.48. The molecule has 0 spiro atoms. The molecule has 30 heavy (non-hydrogen) atoms. The van der Waals surface area contributed by atoms with Crippen LogP contribution in [0.25, 0.3) is 0 Å². The van der Waals surface area contributed by atoms with Gasteiger partial charge in [0.1, 0.15) is 12.6 Å². The number of nitrogens with one attached hydrogen (secondary N) is 2. The summed E-state index contributed by atoms with van der Waals surface area (Å²) in [6, 6.07) is 16.8. The van der Waals surface area contributed by atoms with Gasteiger partial charge in [-0.3, -0.25) is 4.90 Å². The Bertz CT molecular complexity index is 798. The van der Waals surface area contributed by atoms with Crippen LogP contribution >= 0.6 is 0 Å². The largest absolute Gasteiger partial charge is 0.467 e. The zero-order valence-corrected chi connectivity index (χ0v) is 17.9. The van der Waals surface area contributed by atoms with Gasteiger partial charge >= 0.3 is 12.1 Å². The maximum atomic E-state index is 12.3. The van der Waals surface area contributed by atoms with Crippen LogP contribution in [0.3, 0.4) is 0 Å². The summed E-state index contributed by atoms with van der Waals surface area (Å²) in [6.45, 7) is 4.59. The van der Waals surface area contributed by atoms with Crippen LogP contribution in [0.1, 0.15) is 16.7 Å². The lowest BCUT2D eigenvalue weighted by Crippen LogP contribution is -2.49. The van der Waals surface area contributed by atoms with Gasteiger partial charge in [0, 0.05) is 26.2 Å². The van der Waals surface area contributed by atoms with Gasteiger partial charge in [0.25, 0.3) is 0 Å². The minimum absolute atomic E-state index is 0.132. The minimum Gasteiger partial charge on any atom is -0.467 e. The summed E-state index contributed by atoms with van der Waals surface area (Å²) in [4.78, 5) is 26.7. The van der Waals surface area contributed by atoms with E-state index in [-0.39, 0.29) is 6.61 Å². The first kappa shape index (κ1) is 23.4. The molecular formula is C23H31N3O4. The zero-order valence-electron chi connectivity index (χ0n) is 17.9. The monoisotopic (exact) mass is 413 g/mol. The van der Waals surface area contributed by atoms with Gasteiger partial charge in [0.2, 0.25) is 0 Å². The molecule has 0 saturated heterocycles. The number of hydrogen-bond acceptors (Lipinski definition) is 6. The molecule has 7 heteroatoms. The number of ether oxygens (including phenoxy) is 2. The first-order valence-corrected chi connectivity index (χ1v) is 9.99. The summed E-state index contributed by atoms with van der Waals surface area (Å²) in [5, 5.41) is 5.77. The summed E-state index contributed by atoms with van der Waals surface area (Å²) in [5.41, 5.74) is 3.19. The number of methoxy groups -OCH3 is 1. The first-order valence-electron chi connectivity index (χ1n) is 9.99. The average molecular weight is 414 g/mol. The molecule has 0 saturated carbocycles. The molecule has 0 heterocycles. The fraction of sp³-hybridized carbons (Fsp3) is 0.391. The molecule has 0 aromatic heterocycles.